The summed E-state index contributed by atoms with van der Waals surface area (Å²) in [6.45, 7) is 2.89. The van der Waals surface area contributed by atoms with Crippen LogP contribution >= 0.6 is 34.7 Å². The van der Waals surface area contributed by atoms with Crippen LogP contribution in [-0.2, 0) is 12.2 Å². The van der Waals surface area contributed by atoms with Crippen LogP contribution in [0, 0.1) is 0 Å². The van der Waals surface area contributed by atoms with Crippen molar-refractivity contribution in [2.24, 2.45) is 0 Å². The van der Waals surface area contributed by atoms with Gasteiger partial charge in [0.05, 0.1) is 17.5 Å². The lowest BCUT2D eigenvalue weighted by atomic mass is 9.96. The van der Waals surface area contributed by atoms with Crippen molar-refractivity contribution < 1.29 is 4.79 Å². The number of hydrogen-bond donors (Lipinski definition) is 0. The summed E-state index contributed by atoms with van der Waals surface area (Å²) in [7, 11) is 0. The van der Waals surface area contributed by atoms with Crippen molar-refractivity contribution in [3.05, 3.63) is 159 Å². The lowest BCUT2D eigenvalue weighted by Crippen LogP contribution is -2.50. The number of benzene rings is 4. The van der Waals surface area contributed by atoms with Crippen LogP contribution in [-0.4, -0.2) is 61.6 Å². The van der Waals surface area contributed by atoms with Gasteiger partial charge in [0.2, 0.25) is 0 Å². The summed E-state index contributed by atoms with van der Waals surface area (Å²) in [5, 5.41) is 13.2. The maximum absolute atomic E-state index is 13.6. The van der Waals surface area contributed by atoms with Gasteiger partial charge in [0.25, 0.3) is 5.91 Å². The van der Waals surface area contributed by atoms with Gasteiger partial charge < -0.3 is 4.90 Å². The van der Waals surface area contributed by atoms with Crippen LogP contribution in [0.5, 0.6) is 0 Å². The van der Waals surface area contributed by atoms with Gasteiger partial charge in [-0.2, -0.15) is 0 Å². The maximum atomic E-state index is 13.6. The zero-order chi connectivity index (χ0) is 32.0. The second-order valence-electron chi connectivity index (χ2n) is 11.3. The molecule has 0 aliphatic carbocycles. The highest BCUT2D eigenvalue weighted by atomic mass is 35.5. The molecule has 47 heavy (non-hydrogen) atoms. The number of piperazine rings is 1. The molecule has 0 bridgehead atoms. The van der Waals surface area contributed by atoms with E-state index in [1.165, 1.54) is 22.5 Å². The van der Waals surface area contributed by atoms with Gasteiger partial charge in [-0.25, -0.2) is 4.98 Å². The minimum atomic E-state index is -0.0136. The molecule has 3 heterocycles. The normalized spacial score (nSPS) is 13.7. The number of rotatable bonds is 10. The minimum absolute atomic E-state index is 0.0136. The van der Waals surface area contributed by atoms with E-state index in [-0.39, 0.29) is 11.9 Å². The molecule has 0 saturated carbocycles. The van der Waals surface area contributed by atoms with Crippen LogP contribution in [0.2, 0.25) is 5.02 Å². The first-order valence-electron chi connectivity index (χ1n) is 15.6. The summed E-state index contributed by atoms with van der Waals surface area (Å²) in [6, 6.07) is 39.3. The van der Waals surface area contributed by atoms with Crippen LogP contribution in [0.15, 0.2) is 126 Å². The fourth-order valence-electron chi connectivity index (χ4n) is 5.99. The van der Waals surface area contributed by atoms with Crippen molar-refractivity contribution in [1.29, 1.82) is 0 Å². The Kier molecular flexibility index (Phi) is 9.76. The second kappa shape index (κ2) is 14.6. The average Bonchev–Trinajstić information content (AvgIpc) is 3.76. The van der Waals surface area contributed by atoms with Gasteiger partial charge in [-0.05, 0) is 34.9 Å². The average molecular weight is 677 g/mol. The molecule has 2 aromatic heterocycles. The van der Waals surface area contributed by atoms with Crippen LogP contribution in [0.25, 0.3) is 5.69 Å². The number of carbonyl (C=O) groups excluding carboxylic acids is 1. The largest absolute Gasteiger partial charge is 0.335 e. The molecule has 7 rings (SSSR count). The predicted molar refractivity (Wildman–Crippen MR) is 189 cm³/mol. The Balaban J connectivity index is 1.02. The molecular weight excluding hydrogens is 644 g/mol. The molecule has 7 nitrogen and oxygen atoms in total. The fraction of sp³-hybridized carbons (Fsp3) is 0.189. The first kappa shape index (κ1) is 31.3. The molecule has 0 N–H and O–H groups in total. The Morgan fingerprint density at radius 2 is 1.47 bits per heavy atom. The smallest absolute Gasteiger partial charge is 0.273 e. The molecular formula is C37H33ClN6OS2. The SMILES string of the molecule is O=C(c1csc(CSc2nnc(Cc3ccccc3)n2-c2cccc(Cl)c2)n1)N1CCN(C(c2ccccc2)c2ccccc2)CC1. The number of nitrogens with zero attached hydrogens (tertiary/aromatic N) is 6. The molecule has 1 aliphatic heterocycles. The lowest BCUT2D eigenvalue weighted by molar-refractivity contribution is 0.0592. The molecule has 1 amide bonds. The van der Waals surface area contributed by atoms with Crippen LogP contribution in [0.4, 0.5) is 0 Å². The Hall–Kier alpha value is -4.28. The highest BCUT2D eigenvalue weighted by Gasteiger charge is 2.29. The molecule has 4 aromatic carbocycles. The van der Waals surface area contributed by atoms with Crippen molar-refractivity contribution in [3.63, 3.8) is 0 Å². The monoisotopic (exact) mass is 676 g/mol. The van der Waals surface area contributed by atoms with Gasteiger partial charge >= 0.3 is 0 Å². The summed E-state index contributed by atoms with van der Waals surface area (Å²) in [6.07, 6.45) is 0.640. The van der Waals surface area contributed by atoms with Crippen molar-refractivity contribution in [2.75, 3.05) is 26.2 Å². The van der Waals surface area contributed by atoms with Crippen molar-refractivity contribution in [3.8, 4) is 5.69 Å². The van der Waals surface area contributed by atoms with E-state index in [1.807, 2.05) is 52.7 Å². The molecule has 1 fully saturated rings. The Labute approximate surface area is 287 Å². The van der Waals surface area contributed by atoms with Gasteiger partial charge in [0.15, 0.2) is 5.16 Å². The minimum Gasteiger partial charge on any atom is -0.335 e. The van der Waals surface area contributed by atoms with E-state index in [1.54, 1.807) is 11.8 Å². The van der Waals surface area contributed by atoms with E-state index in [4.69, 9.17) is 16.6 Å². The van der Waals surface area contributed by atoms with E-state index >= 15 is 0 Å². The van der Waals surface area contributed by atoms with Gasteiger partial charge in [0, 0.05) is 43.0 Å². The third-order valence-corrected chi connectivity index (χ3v) is 10.5. The number of amides is 1. The summed E-state index contributed by atoms with van der Waals surface area (Å²) in [5.41, 5.74) is 5.09. The first-order chi connectivity index (χ1) is 23.1. The van der Waals surface area contributed by atoms with Gasteiger partial charge in [-0.15, -0.1) is 21.5 Å². The number of thiazole rings is 1. The third-order valence-electron chi connectivity index (χ3n) is 8.26. The van der Waals surface area contributed by atoms with Gasteiger partial charge in [-0.1, -0.05) is 120 Å². The molecule has 0 unspecified atom stereocenters. The highest BCUT2D eigenvalue weighted by molar-refractivity contribution is 7.98. The zero-order valence-corrected chi connectivity index (χ0v) is 28.0. The summed E-state index contributed by atoms with van der Waals surface area (Å²) in [5.74, 6) is 1.39. The Bertz CT molecular complexity index is 1890. The predicted octanol–water partition coefficient (Wildman–Crippen LogP) is 7.81. The van der Waals surface area contributed by atoms with Gasteiger partial charge in [-0.3, -0.25) is 14.3 Å². The first-order valence-corrected chi connectivity index (χ1v) is 17.8. The van der Waals surface area contributed by atoms with Crippen molar-refractivity contribution in [1.82, 2.24) is 29.5 Å². The van der Waals surface area contributed by atoms with E-state index < -0.39 is 0 Å². The molecule has 10 heteroatoms. The molecule has 0 spiro atoms. The number of carbonyl (C=O) groups is 1. The van der Waals surface area contributed by atoms with Gasteiger partial charge in [0.1, 0.15) is 16.5 Å². The molecule has 0 radical (unpaired) electrons. The quantitative estimate of drug-likeness (QED) is 0.138. The molecule has 236 valence electrons. The molecule has 1 saturated heterocycles. The summed E-state index contributed by atoms with van der Waals surface area (Å²) in [4.78, 5) is 22.7. The lowest BCUT2D eigenvalue weighted by Gasteiger charge is -2.39. The zero-order valence-electron chi connectivity index (χ0n) is 25.7. The molecule has 0 atom stereocenters. The van der Waals surface area contributed by atoms with Crippen LogP contribution in [0.1, 0.15) is 44.1 Å². The van der Waals surface area contributed by atoms with Crippen molar-refractivity contribution >= 4 is 40.6 Å². The highest BCUT2D eigenvalue weighted by Crippen LogP contribution is 2.31. The van der Waals surface area contributed by atoms with Crippen LogP contribution in [0.3, 0.4) is 0 Å². The number of aromatic nitrogens is 4. The van der Waals surface area contributed by atoms with E-state index in [2.05, 4.69) is 92.5 Å². The van der Waals surface area contributed by atoms with Crippen LogP contribution < -0.4 is 0 Å². The number of thioether (sulfide) groups is 1. The van der Waals surface area contributed by atoms with E-state index in [9.17, 15) is 4.79 Å². The Morgan fingerprint density at radius 3 is 2.13 bits per heavy atom. The third kappa shape index (κ3) is 7.34. The topological polar surface area (TPSA) is 67.2 Å². The standard InChI is InChI=1S/C37H33ClN6OS2/c38-30-17-10-18-31(24-30)44-33(23-27-11-4-1-5-12-27)40-41-37(44)47-26-34-39-32(25-46-34)36(45)43-21-19-42(20-22-43)35(28-13-6-2-7-14-28)29-15-8-3-9-16-29/h1-18,24-25,35H,19-23,26H2. The van der Waals surface area contributed by atoms with Crippen molar-refractivity contribution in [2.45, 2.75) is 23.4 Å². The molecule has 6 aromatic rings. The molecule has 1 aliphatic rings. The second-order valence-corrected chi connectivity index (χ2v) is 13.7. The summed E-state index contributed by atoms with van der Waals surface area (Å²) < 4.78 is 2.06. The summed E-state index contributed by atoms with van der Waals surface area (Å²) >= 11 is 9.43. The number of halogens is 1. The van der Waals surface area contributed by atoms with E-state index in [0.29, 0.717) is 36.0 Å². The Morgan fingerprint density at radius 1 is 0.809 bits per heavy atom. The fourth-order valence-corrected chi connectivity index (χ4v) is 7.93. The maximum Gasteiger partial charge on any atom is 0.273 e. The number of hydrogen-bond acceptors (Lipinski definition) is 7. The van der Waals surface area contributed by atoms with E-state index in [0.717, 1.165) is 40.3 Å².